The lowest BCUT2D eigenvalue weighted by Crippen LogP contribution is -2.23. The van der Waals surface area contributed by atoms with Crippen LogP contribution in [0.15, 0.2) is 39.9 Å². The van der Waals surface area contributed by atoms with Crippen LogP contribution in [0.5, 0.6) is 0 Å². The molecule has 118 valence electrons. The lowest BCUT2D eigenvalue weighted by atomic mass is 10.1. The van der Waals surface area contributed by atoms with Gasteiger partial charge in [-0.3, -0.25) is 14.8 Å². The second kappa shape index (κ2) is 5.53. The molecule has 1 saturated carbocycles. The average molecular weight is 310 g/mol. The Bertz CT molecular complexity index is 946. The van der Waals surface area contributed by atoms with E-state index < -0.39 is 5.69 Å². The van der Waals surface area contributed by atoms with E-state index in [4.69, 9.17) is 0 Å². The van der Waals surface area contributed by atoms with E-state index in [0.717, 1.165) is 24.2 Å². The van der Waals surface area contributed by atoms with Crippen LogP contribution in [0.1, 0.15) is 43.0 Å². The van der Waals surface area contributed by atoms with Crippen LogP contribution in [0.2, 0.25) is 0 Å². The molecule has 6 nitrogen and oxygen atoms in total. The van der Waals surface area contributed by atoms with Gasteiger partial charge in [0.2, 0.25) is 0 Å². The Balaban J connectivity index is 1.92. The van der Waals surface area contributed by atoms with Gasteiger partial charge in [0.05, 0.1) is 0 Å². The van der Waals surface area contributed by atoms with Crippen LogP contribution in [-0.4, -0.2) is 19.5 Å². The van der Waals surface area contributed by atoms with Gasteiger partial charge >= 0.3 is 5.69 Å². The van der Waals surface area contributed by atoms with Crippen LogP contribution in [-0.2, 0) is 6.54 Å². The number of hydrogen-bond donors (Lipinski definition) is 2. The first-order valence-corrected chi connectivity index (χ1v) is 7.99. The summed E-state index contributed by atoms with van der Waals surface area (Å²) in [5.74, 6) is 1.27. The van der Waals surface area contributed by atoms with Gasteiger partial charge in [-0.25, -0.2) is 9.78 Å². The van der Waals surface area contributed by atoms with Crippen molar-refractivity contribution in [3.05, 3.63) is 62.6 Å². The highest BCUT2D eigenvalue weighted by Crippen LogP contribution is 2.34. The molecule has 0 amide bonds. The summed E-state index contributed by atoms with van der Waals surface area (Å²) >= 11 is 0. The van der Waals surface area contributed by atoms with Crippen molar-refractivity contribution in [3.8, 4) is 0 Å². The first kappa shape index (κ1) is 14.0. The molecule has 1 aliphatic carbocycles. The van der Waals surface area contributed by atoms with Crippen LogP contribution in [0.25, 0.3) is 11.2 Å². The molecule has 1 aromatic carbocycles. The summed E-state index contributed by atoms with van der Waals surface area (Å²) in [5.41, 5.74) is 1.06. The monoisotopic (exact) mass is 310 g/mol. The maximum absolute atomic E-state index is 12.3. The van der Waals surface area contributed by atoms with Gasteiger partial charge in [0.15, 0.2) is 11.2 Å². The van der Waals surface area contributed by atoms with E-state index in [1.54, 1.807) is 0 Å². The summed E-state index contributed by atoms with van der Waals surface area (Å²) in [5, 5.41) is 0. The van der Waals surface area contributed by atoms with Crippen molar-refractivity contribution in [1.29, 1.82) is 0 Å². The Morgan fingerprint density at radius 3 is 2.57 bits per heavy atom. The molecule has 6 heteroatoms. The van der Waals surface area contributed by atoms with Gasteiger partial charge < -0.3 is 4.57 Å². The summed E-state index contributed by atoms with van der Waals surface area (Å²) in [6, 6.07) is 10.00. The van der Waals surface area contributed by atoms with E-state index in [1.165, 1.54) is 12.8 Å². The van der Waals surface area contributed by atoms with Crippen molar-refractivity contribution in [1.82, 2.24) is 19.5 Å². The Labute approximate surface area is 132 Å². The molecule has 0 bridgehead atoms. The minimum Gasteiger partial charge on any atom is -0.317 e. The Morgan fingerprint density at radius 1 is 1.09 bits per heavy atom. The minimum atomic E-state index is -0.509. The van der Waals surface area contributed by atoms with Gasteiger partial charge in [-0.1, -0.05) is 43.2 Å². The molecule has 4 rings (SSSR count). The van der Waals surface area contributed by atoms with E-state index in [2.05, 4.69) is 15.0 Å². The normalized spacial score (nSPS) is 15.5. The molecule has 2 N–H and O–H groups in total. The quantitative estimate of drug-likeness (QED) is 0.777. The zero-order chi connectivity index (χ0) is 15.8. The second-order valence-corrected chi connectivity index (χ2v) is 6.13. The Morgan fingerprint density at radius 2 is 1.83 bits per heavy atom. The highest BCUT2D eigenvalue weighted by atomic mass is 16.2. The molecule has 0 unspecified atom stereocenters. The Kier molecular flexibility index (Phi) is 3.37. The third kappa shape index (κ3) is 2.50. The lowest BCUT2D eigenvalue weighted by Gasteiger charge is -2.13. The van der Waals surface area contributed by atoms with Crippen molar-refractivity contribution in [2.75, 3.05) is 0 Å². The molecule has 2 aromatic heterocycles. The van der Waals surface area contributed by atoms with E-state index in [-0.39, 0.29) is 5.56 Å². The molecule has 23 heavy (non-hydrogen) atoms. The zero-order valence-electron chi connectivity index (χ0n) is 12.7. The van der Waals surface area contributed by atoms with Gasteiger partial charge in [-0.15, -0.1) is 0 Å². The number of nitrogens with one attached hydrogen (secondary N) is 2. The van der Waals surface area contributed by atoms with E-state index >= 15 is 0 Å². The summed E-state index contributed by atoms with van der Waals surface area (Å²) < 4.78 is 1.97. The largest absolute Gasteiger partial charge is 0.327 e. The fourth-order valence-electron chi connectivity index (χ4n) is 3.51. The zero-order valence-corrected chi connectivity index (χ0v) is 12.7. The molecule has 0 saturated heterocycles. The maximum Gasteiger partial charge on any atom is 0.327 e. The first-order valence-electron chi connectivity index (χ1n) is 7.99. The van der Waals surface area contributed by atoms with E-state index in [0.29, 0.717) is 23.6 Å². The number of imidazole rings is 1. The van der Waals surface area contributed by atoms with Crippen LogP contribution in [0.3, 0.4) is 0 Å². The smallest absolute Gasteiger partial charge is 0.317 e. The summed E-state index contributed by atoms with van der Waals surface area (Å²) in [4.78, 5) is 33.4. The lowest BCUT2D eigenvalue weighted by molar-refractivity contribution is 0.618. The molecular formula is C17H18N4O2. The fourth-order valence-corrected chi connectivity index (χ4v) is 3.51. The first-order chi connectivity index (χ1) is 11.2. The van der Waals surface area contributed by atoms with Crippen molar-refractivity contribution in [2.24, 2.45) is 0 Å². The highest BCUT2D eigenvalue weighted by Gasteiger charge is 2.25. The van der Waals surface area contributed by atoms with Crippen molar-refractivity contribution in [3.63, 3.8) is 0 Å². The molecule has 0 radical (unpaired) electrons. The topological polar surface area (TPSA) is 83.5 Å². The van der Waals surface area contributed by atoms with Crippen molar-refractivity contribution < 1.29 is 0 Å². The van der Waals surface area contributed by atoms with E-state index in [9.17, 15) is 9.59 Å². The number of rotatable bonds is 3. The fraction of sp³-hybridized carbons (Fsp3) is 0.353. The minimum absolute atomic E-state index is 0.356. The molecular weight excluding hydrogens is 292 g/mol. The van der Waals surface area contributed by atoms with Gasteiger partial charge in [-0.2, -0.15) is 0 Å². The summed E-state index contributed by atoms with van der Waals surface area (Å²) in [6.07, 6.45) is 4.54. The number of H-pyrrole nitrogens is 2. The molecule has 3 aromatic rings. The summed E-state index contributed by atoms with van der Waals surface area (Å²) in [7, 11) is 0. The van der Waals surface area contributed by atoms with Gasteiger partial charge in [0.25, 0.3) is 5.56 Å². The number of hydrogen-bond acceptors (Lipinski definition) is 3. The number of fused-ring (bicyclic) bond motifs is 1. The number of aromatic nitrogens is 4. The van der Waals surface area contributed by atoms with Crippen molar-refractivity contribution in [2.45, 2.75) is 38.1 Å². The number of benzene rings is 1. The SMILES string of the molecule is O=c1[nH]c(=O)c2c(nc(C3CCCC3)n2Cc2ccccc2)[nH]1. The standard InChI is InChI=1S/C17H18N4O2/c22-16-13-14(19-17(23)20-16)18-15(12-8-4-5-9-12)21(13)10-11-6-2-1-3-7-11/h1-3,6-7,12H,4-5,8-10H2,(H2,19,20,22,23). The number of aromatic amines is 2. The van der Waals surface area contributed by atoms with Crippen LogP contribution < -0.4 is 11.2 Å². The molecule has 1 aliphatic rings. The predicted molar refractivity (Wildman–Crippen MR) is 87.7 cm³/mol. The molecule has 0 spiro atoms. The van der Waals surface area contributed by atoms with E-state index in [1.807, 2.05) is 34.9 Å². The van der Waals surface area contributed by atoms with Crippen LogP contribution in [0, 0.1) is 0 Å². The van der Waals surface area contributed by atoms with Crippen molar-refractivity contribution >= 4 is 11.2 Å². The third-order valence-electron chi connectivity index (χ3n) is 4.58. The highest BCUT2D eigenvalue weighted by molar-refractivity contribution is 5.70. The molecule has 1 fully saturated rings. The predicted octanol–water partition coefficient (Wildman–Crippen LogP) is 2.12. The second-order valence-electron chi connectivity index (χ2n) is 6.13. The van der Waals surface area contributed by atoms with Crippen LogP contribution >= 0.6 is 0 Å². The number of nitrogens with zero attached hydrogens (tertiary/aromatic N) is 2. The van der Waals surface area contributed by atoms with Gasteiger partial charge in [0, 0.05) is 12.5 Å². The van der Waals surface area contributed by atoms with Gasteiger partial charge in [-0.05, 0) is 18.4 Å². The summed E-state index contributed by atoms with van der Waals surface area (Å²) in [6.45, 7) is 0.582. The molecule has 0 aliphatic heterocycles. The average Bonchev–Trinajstić information content (AvgIpc) is 3.16. The third-order valence-corrected chi connectivity index (χ3v) is 4.58. The van der Waals surface area contributed by atoms with Gasteiger partial charge in [0.1, 0.15) is 5.82 Å². The molecule has 0 atom stereocenters. The molecule has 2 heterocycles. The maximum atomic E-state index is 12.3. The van der Waals surface area contributed by atoms with Crippen LogP contribution in [0.4, 0.5) is 0 Å². The Hall–Kier alpha value is -2.63.